The summed E-state index contributed by atoms with van der Waals surface area (Å²) in [6.45, 7) is 3.29. The zero-order valence-electron chi connectivity index (χ0n) is 7.52. The molecule has 0 saturated carbocycles. The molecule has 0 aromatic rings. The van der Waals surface area contributed by atoms with Crippen LogP contribution in [0.3, 0.4) is 0 Å². The van der Waals surface area contributed by atoms with Crippen LogP contribution in [-0.2, 0) is 4.79 Å². The molecule has 1 amide bonds. The summed E-state index contributed by atoms with van der Waals surface area (Å²) in [6, 6.07) is 2.22. The SMILES string of the molecule is C#CN/C(=C\C=C(/C)Br)NC(C)=O. The summed E-state index contributed by atoms with van der Waals surface area (Å²) in [5.41, 5.74) is 0. The monoisotopic (exact) mass is 242 g/mol. The lowest BCUT2D eigenvalue weighted by molar-refractivity contribution is -0.118. The number of terminal acetylenes is 1. The van der Waals surface area contributed by atoms with Gasteiger partial charge in [-0.25, -0.2) is 0 Å². The van der Waals surface area contributed by atoms with Gasteiger partial charge in [-0.05, 0) is 23.6 Å². The maximum atomic E-state index is 10.7. The molecular formula is C9H11BrN2O. The van der Waals surface area contributed by atoms with E-state index in [0.29, 0.717) is 5.82 Å². The summed E-state index contributed by atoms with van der Waals surface area (Å²) in [5.74, 6) is 0.309. The third kappa shape index (κ3) is 7.16. The third-order valence-electron chi connectivity index (χ3n) is 0.997. The molecule has 0 spiro atoms. The number of hydrogen-bond acceptors (Lipinski definition) is 2. The van der Waals surface area contributed by atoms with Crippen molar-refractivity contribution < 1.29 is 4.79 Å². The number of amides is 1. The fourth-order valence-electron chi connectivity index (χ4n) is 0.580. The van der Waals surface area contributed by atoms with Crippen molar-refractivity contribution in [3.05, 3.63) is 22.5 Å². The first-order valence-electron chi connectivity index (χ1n) is 3.59. The molecule has 4 heteroatoms. The Balaban J connectivity index is 4.42. The van der Waals surface area contributed by atoms with Crippen LogP contribution in [0.25, 0.3) is 0 Å². The number of hydrogen-bond donors (Lipinski definition) is 2. The zero-order chi connectivity index (χ0) is 10.3. The standard InChI is InChI=1S/C9H11BrN2O/c1-4-11-9(12-8(3)13)6-5-7(2)10/h1,5-6,11H,2-3H3,(H,12,13)/b7-5+,9-6+. The molecule has 0 radical (unpaired) electrons. The molecule has 0 heterocycles. The lowest BCUT2D eigenvalue weighted by Gasteiger charge is -2.04. The second-order valence-corrected chi connectivity index (χ2v) is 3.54. The van der Waals surface area contributed by atoms with Crippen molar-refractivity contribution in [3.63, 3.8) is 0 Å². The van der Waals surface area contributed by atoms with E-state index in [-0.39, 0.29) is 5.91 Å². The predicted molar refractivity (Wildman–Crippen MR) is 56.6 cm³/mol. The summed E-state index contributed by atoms with van der Waals surface area (Å²) >= 11 is 3.24. The molecule has 2 N–H and O–H groups in total. The van der Waals surface area contributed by atoms with E-state index in [0.717, 1.165) is 4.48 Å². The smallest absolute Gasteiger partial charge is 0.222 e. The van der Waals surface area contributed by atoms with Crippen molar-refractivity contribution in [1.82, 2.24) is 10.6 Å². The first kappa shape index (κ1) is 11.8. The van der Waals surface area contributed by atoms with Gasteiger partial charge in [-0.3, -0.25) is 4.79 Å². The normalized spacial score (nSPS) is 11.8. The van der Waals surface area contributed by atoms with Crippen LogP contribution in [-0.4, -0.2) is 5.91 Å². The Morgan fingerprint density at radius 3 is 2.46 bits per heavy atom. The van der Waals surface area contributed by atoms with Gasteiger partial charge in [-0.2, -0.15) is 0 Å². The minimum atomic E-state index is -0.172. The van der Waals surface area contributed by atoms with E-state index >= 15 is 0 Å². The van der Waals surface area contributed by atoms with Gasteiger partial charge in [0, 0.05) is 13.0 Å². The van der Waals surface area contributed by atoms with E-state index in [2.05, 4.69) is 32.6 Å². The molecular weight excluding hydrogens is 232 g/mol. The van der Waals surface area contributed by atoms with Gasteiger partial charge in [0.25, 0.3) is 0 Å². The van der Waals surface area contributed by atoms with Gasteiger partial charge in [-0.1, -0.05) is 22.4 Å². The number of halogens is 1. The molecule has 0 fully saturated rings. The van der Waals surface area contributed by atoms with Gasteiger partial charge >= 0.3 is 0 Å². The van der Waals surface area contributed by atoms with E-state index in [9.17, 15) is 4.79 Å². The molecule has 0 bridgehead atoms. The molecule has 13 heavy (non-hydrogen) atoms. The van der Waals surface area contributed by atoms with Crippen molar-refractivity contribution in [3.8, 4) is 12.5 Å². The van der Waals surface area contributed by atoms with E-state index < -0.39 is 0 Å². The van der Waals surface area contributed by atoms with Crippen molar-refractivity contribution in [2.24, 2.45) is 0 Å². The van der Waals surface area contributed by atoms with Gasteiger partial charge in [0.1, 0.15) is 5.82 Å². The highest BCUT2D eigenvalue weighted by Gasteiger charge is 1.94. The molecule has 70 valence electrons. The van der Waals surface area contributed by atoms with Crippen molar-refractivity contribution >= 4 is 21.8 Å². The van der Waals surface area contributed by atoms with E-state index in [4.69, 9.17) is 6.42 Å². The van der Waals surface area contributed by atoms with E-state index in [1.807, 2.05) is 6.92 Å². The molecule has 0 saturated heterocycles. The summed E-state index contributed by atoms with van der Waals surface area (Å²) < 4.78 is 0.939. The molecule has 0 aliphatic heterocycles. The fraction of sp³-hybridized carbons (Fsp3) is 0.222. The van der Waals surface area contributed by atoms with Crippen molar-refractivity contribution in [1.29, 1.82) is 0 Å². The largest absolute Gasteiger partial charge is 0.312 e. The number of carbonyl (C=O) groups is 1. The Labute approximate surface area is 86.4 Å². The highest BCUT2D eigenvalue weighted by molar-refractivity contribution is 9.11. The average Bonchev–Trinajstić information content (AvgIpc) is 1.99. The molecule has 0 aliphatic carbocycles. The molecule has 3 nitrogen and oxygen atoms in total. The molecule has 0 aromatic heterocycles. The summed E-state index contributed by atoms with van der Waals surface area (Å²) in [4.78, 5) is 10.7. The van der Waals surface area contributed by atoms with Crippen LogP contribution in [0.4, 0.5) is 0 Å². The lowest BCUT2D eigenvalue weighted by Crippen LogP contribution is -2.26. The van der Waals surface area contributed by atoms with E-state index in [1.54, 1.807) is 12.2 Å². The Morgan fingerprint density at radius 2 is 2.08 bits per heavy atom. The first-order chi connectivity index (χ1) is 6.06. The third-order valence-corrected chi connectivity index (χ3v) is 1.26. The summed E-state index contributed by atoms with van der Waals surface area (Å²) in [7, 11) is 0. The Kier molecular flexibility index (Phi) is 5.73. The maximum Gasteiger partial charge on any atom is 0.222 e. The van der Waals surface area contributed by atoms with Crippen molar-refractivity contribution in [2.45, 2.75) is 13.8 Å². The second kappa shape index (κ2) is 6.32. The number of allylic oxidation sites excluding steroid dienone is 3. The summed E-state index contributed by atoms with van der Waals surface area (Å²) in [5, 5.41) is 5.10. The number of nitrogens with one attached hydrogen (secondary N) is 2. The van der Waals surface area contributed by atoms with Gasteiger partial charge in [0.2, 0.25) is 5.91 Å². The minimum Gasteiger partial charge on any atom is -0.312 e. The highest BCUT2D eigenvalue weighted by Crippen LogP contribution is 2.01. The van der Waals surface area contributed by atoms with Crippen LogP contribution in [0.15, 0.2) is 22.5 Å². The first-order valence-corrected chi connectivity index (χ1v) is 4.39. The molecule has 0 aliphatic rings. The van der Waals surface area contributed by atoms with Crippen LogP contribution in [0, 0.1) is 12.5 Å². The summed E-state index contributed by atoms with van der Waals surface area (Å²) in [6.07, 6.45) is 8.47. The Bertz CT molecular complexity index is 282. The predicted octanol–water partition coefficient (Wildman–Crippen LogP) is 1.44. The Hall–Kier alpha value is -1.21. The van der Waals surface area contributed by atoms with Crippen LogP contribution >= 0.6 is 15.9 Å². The topological polar surface area (TPSA) is 41.1 Å². The van der Waals surface area contributed by atoms with Crippen molar-refractivity contribution in [2.75, 3.05) is 0 Å². The van der Waals surface area contributed by atoms with Gasteiger partial charge in [-0.15, -0.1) is 0 Å². The lowest BCUT2D eigenvalue weighted by atomic mass is 10.4. The quantitative estimate of drug-likeness (QED) is 0.447. The molecule has 0 rings (SSSR count). The van der Waals surface area contributed by atoms with Crippen LogP contribution in [0.2, 0.25) is 0 Å². The second-order valence-electron chi connectivity index (χ2n) is 2.28. The zero-order valence-corrected chi connectivity index (χ0v) is 9.10. The Morgan fingerprint density at radius 1 is 1.46 bits per heavy atom. The van der Waals surface area contributed by atoms with Gasteiger partial charge in [0.05, 0.1) is 0 Å². The number of carbonyl (C=O) groups excluding carboxylic acids is 1. The number of rotatable bonds is 3. The molecule has 0 atom stereocenters. The average molecular weight is 243 g/mol. The molecule has 0 unspecified atom stereocenters. The maximum absolute atomic E-state index is 10.7. The highest BCUT2D eigenvalue weighted by atomic mass is 79.9. The van der Waals surface area contributed by atoms with Gasteiger partial charge < -0.3 is 10.6 Å². The molecule has 0 aromatic carbocycles. The van der Waals surface area contributed by atoms with Gasteiger partial charge in [0.15, 0.2) is 0 Å². The van der Waals surface area contributed by atoms with Crippen LogP contribution in [0.5, 0.6) is 0 Å². The fourth-order valence-corrected chi connectivity index (χ4v) is 0.712. The minimum absolute atomic E-state index is 0.172. The van der Waals surface area contributed by atoms with Crippen LogP contribution in [0.1, 0.15) is 13.8 Å². The van der Waals surface area contributed by atoms with Crippen LogP contribution < -0.4 is 10.6 Å². The van der Waals surface area contributed by atoms with E-state index in [1.165, 1.54) is 6.92 Å².